The summed E-state index contributed by atoms with van der Waals surface area (Å²) in [7, 11) is -0.395. The molecule has 2 aliphatic rings. The normalized spacial score (nSPS) is 21.7. The van der Waals surface area contributed by atoms with Crippen molar-refractivity contribution in [3.63, 3.8) is 0 Å². The van der Waals surface area contributed by atoms with Gasteiger partial charge in [-0.05, 0) is 12.1 Å². The van der Waals surface area contributed by atoms with E-state index in [1.165, 1.54) is 12.1 Å². The van der Waals surface area contributed by atoms with Crippen LogP contribution in [0.4, 0.5) is 23.7 Å². The number of quaternary nitrogens is 1. The third-order valence-electron chi connectivity index (χ3n) is 4.70. The lowest BCUT2D eigenvalue weighted by molar-refractivity contribution is -0.973. The van der Waals surface area contributed by atoms with Gasteiger partial charge in [-0.2, -0.15) is 36.1 Å². The monoisotopic (exact) mass is 464 g/mol. The van der Waals surface area contributed by atoms with Crippen LogP contribution in [0.15, 0.2) is 41.2 Å². The summed E-state index contributed by atoms with van der Waals surface area (Å²) in [5.41, 5.74) is -1.88. The summed E-state index contributed by atoms with van der Waals surface area (Å²) in [6, 6.07) is 4.07. The van der Waals surface area contributed by atoms with E-state index in [2.05, 4.69) is 9.73 Å². The number of carbonyl (C=O) groups excluding carboxylic acids is 1. The molecule has 0 bridgehead atoms. The Bertz CT molecular complexity index is 1090. The van der Waals surface area contributed by atoms with Crippen LogP contribution in [0.25, 0.3) is 0 Å². The smallest absolute Gasteiger partial charge is 0.420 e. The molecule has 1 amide bonds. The molecule has 0 fully saturated rings. The third kappa shape index (κ3) is 3.61. The van der Waals surface area contributed by atoms with Crippen molar-refractivity contribution < 1.29 is 35.7 Å². The second kappa shape index (κ2) is 7.21. The van der Waals surface area contributed by atoms with Gasteiger partial charge in [-0.25, -0.2) is 9.80 Å². The Hall–Kier alpha value is -2.71. The first-order valence-electron chi connectivity index (χ1n) is 8.30. The average molecular weight is 464 g/mol. The van der Waals surface area contributed by atoms with E-state index in [1.54, 1.807) is 19.1 Å². The van der Waals surface area contributed by atoms with Crippen LogP contribution in [0.1, 0.15) is 5.56 Å². The Morgan fingerprint density at radius 3 is 2.57 bits per heavy atom. The van der Waals surface area contributed by atoms with Gasteiger partial charge in [0.25, 0.3) is 21.0 Å². The molecular formula is C16H17F3N5O4S2+. The minimum atomic E-state index is -4.80. The standard InChI is InChI=1S/C16H17F3N5O4S2/c1-22-13(29)8-12-20-14(23(15(25)28-3)9-24(12,22)2)30(26,27)21-11-7-5-4-6-10(11)16(17,18)19/h4-8,21H,9H2,1-3H3/q+1. The lowest BCUT2D eigenvalue weighted by atomic mass is 10.2. The molecule has 3 rings (SSSR count). The molecule has 14 heteroatoms. The fraction of sp³-hybridized carbons (Fsp3) is 0.312. The number of alkyl halides is 3. The van der Waals surface area contributed by atoms with Crippen LogP contribution in [-0.2, 0) is 20.9 Å². The summed E-state index contributed by atoms with van der Waals surface area (Å²) in [6.07, 6.45) is -4.40. The first-order valence-corrected chi connectivity index (χ1v) is 10.2. The number of anilines is 1. The third-order valence-corrected chi connectivity index (χ3v) is 6.36. The summed E-state index contributed by atoms with van der Waals surface area (Å²) in [5.74, 6) is 0.201. The number of amides is 1. The lowest BCUT2D eigenvalue weighted by Crippen LogP contribution is -2.63. The molecule has 2 heterocycles. The molecule has 2 aliphatic heterocycles. The molecule has 1 aromatic rings. The number of hydrogen-bond donors (Lipinski definition) is 1. The van der Waals surface area contributed by atoms with Crippen LogP contribution < -0.4 is 4.72 Å². The fourth-order valence-electron chi connectivity index (χ4n) is 2.98. The minimum Gasteiger partial charge on any atom is -0.452 e. The first kappa shape index (κ1) is 22.0. The maximum absolute atomic E-state index is 13.3. The summed E-state index contributed by atoms with van der Waals surface area (Å²) in [6.45, 7) is -0.254. The van der Waals surface area contributed by atoms with Crippen molar-refractivity contribution in [3.05, 3.63) is 41.7 Å². The molecule has 0 radical (unpaired) electrons. The van der Waals surface area contributed by atoms with Crippen LogP contribution in [0.5, 0.6) is 0 Å². The van der Waals surface area contributed by atoms with Crippen molar-refractivity contribution in [1.29, 1.82) is 0 Å². The number of rotatable bonds is 2. The largest absolute Gasteiger partial charge is 0.452 e. The van der Waals surface area contributed by atoms with E-state index in [4.69, 9.17) is 12.2 Å². The molecule has 1 atom stereocenters. The molecule has 30 heavy (non-hydrogen) atoms. The van der Waals surface area contributed by atoms with Gasteiger partial charge in [0.15, 0.2) is 11.7 Å². The summed E-state index contributed by atoms with van der Waals surface area (Å²) < 4.78 is 72.1. The van der Waals surface area contributed by atoms with Crippen LogP contribution in [-0.4, -0.2) is 67.0 Å². The van der Waals surface area contributed by atoms with Crippen LogP contribution in [0.3, 0.4) is 0 Å². The predicted octanol–water partition coefficient (Wildman–Crippen LogP) is 2.32. The zero-order chi connectivity index (χ0) is 22.5. The second-order valence-electron chi connectivity index (χ2n) is 6.59. The number of likely N-dealkylation sites (N-methyl/N-ethyl adjacent to an activating group) is 1. The lowest BCUT2D eigenvalue weighted by Gasteiger charge is -2.41. The zero-order valence-corrected chi connectivity index (χ0v) is 17.6. The molecule has 9 nitrogen and oxygen atoms in total. The molecule has 0 saturated carbocycles. The topological polar surface area (TPSA) is 91.3 Å². The number of ether oxygens (including phenoxy) is 1. The number of hydrogen-bond acceptors (Lipinski definition) is 6. The van der Waals surface area contributed by atoms with Gasteiger partial charge in [0.05, 0.1) is 38.5 Å². The maximum Gasteiger partial charge on any atom is 0.420 e. The van der Waals surface area contributed by atoms with E-state index < -0.39 is 38.7 Å². The number of halogens is 3. The van der Waals surface area contributed by atoms with E-state index in [0.717, 1.165) is 30.2 Å². The van der Waals surface area contributed by atoms with Gasteiger partial charge in [0, 0.05) is 0 Å². The number of thiocarbonyl (C=S) groups is 1. The Morgan fingerprint density at radius 1 is 1.33 bits per heavy atom. The number of aliphatic imine (C=N–C) groups is 1. The fourth-order valence-corrected chi connectivity index (χ4v) is 4.46. The summed E-state index contributed by atoms with van der Waals surface area (Å²) in [5, 5.41) is 0.783. The van der Waals surface area contributed by atoms with E-state index in [9.17, 15) is 26.4 Å². The highest BCUT2D eigenvalue weighted by Gasteiger charge is 2.51. The number of methoxy groups -OCH3 is 1. The molecule has 0 aliphatic carbocycles. The van der Waals surface area contributed by atoms with Gasteiger partial charge in [-0.3, -0.25) is 4.72 Å². The Labute approximate surface area is 175 Å². The molecule has 0 aromatic heterocycles. The van der Waals surface area contributed by atoms with Crippen molar-refractivity contribution >= 4 is 44.2 Å². The number of nitrogens with one attached hydrogen (secondary N) is 1. The SMILES string of the molecule is COC(=O)N1C[N+]2(C)C(=CC(=S)N2C)N=C1S(=O)(=O)Nc1ccccc1C(F)(F)F. The van der Waals surface area contributed by atoms with E-state index >= 15 is 0 Å². The van der Waals surface area contributed by atoms with Crippen molar-refractivity contribution in [1.82, 2.24) is 9.91 Å². The number of carbonyl (C=O) groups is 1. The van der Waals surface area contributed by atoms with Gasteiger partial charge >= 0.3 is 12.3 Å². The molecular weight excluding hydrogens is 447 g/mol. The molecule has 0 saturated heterocycles. The Morgan fingerprint density at radius 2 is 1.97 bits per heavy atom. The summed E-state index contributed by atoms with van der Waals surface area (Å²) in [4.78, 5) is 17.4. The quantitative estimate of drug-likeness (QED) is 0.534. The van der Waals surface area contributed by atoms with Crippen molar-refractivity contribution in [3.8, 4) is 0 Å². The Balaban J connectivity index is 2.10. The van der Waals surface area contributed by atoms with Crippen LogP contribution in [0, 0.1) is 0 Å². The molecule has 162 valence electrons. The highest BCUT2D eigenvalue weighted by molar-refractivity contribution is 8.07. The molecule has 1 aromatic carbocycles. The van der Waals surface area contributed by atoms with Gasteiger partial charge < -0.3 is 4.74 Å². The highest BCUT2D eigenvalue weighted by atomic mass is 32.2. The molecule has 1 unspecified atom stereocenters. The molecule has 1 N–H and O–H groups in total. The Kier molecular flexibility index (Phi) is 5.28. The maximum atomic E-state index is 13.3. The van der Waals surface area contributed by atoms with E-state index in [1.807, 2.05) is 4.72 Å². The van der Waals surface area contributed by atoms with E-state index in [0.29, 0.717) is 4.99 Å². The summed E-state index contributed by atoms with van der Waals surface area (Å²) >= 11 is 5.20. The van der Waals surface area contributed by atoms with Crippen LogP contribution in [0.2, 0.25) is 0 Å². The predicted molar refractivity (Wildman–Crippen MR) is 105 cm³/mol. The minimum absolute atomic E-state index is 0.147. The number of amidine groups is 1. The number of nitrogens with zero attached hydrogens (tertiary/aromatic N) is 4. The van der Waals surface area contributed by atoms with Gasteiger partial charge in [0.1, 0.15) is 0 Å². The van der Waals surface area contributed by atoms with Crippen molar-refractivity contribution in [2.75, 3.05) is 32.6 Å². The van der Waals surface area contributed by atoms with Gasteiger partial charge in [-0.1, -0.05) is 24.4 Å². The van der Waals surface area contributed by atoms with Crippen molar-refractivity contribution in [2.24, 2.45) is 4.99 Å². The van der Waals surface area contributed by atoms with Crippen LogP contribution >= 0.6 is 12.2 Å². The first-order chi connectivity index (χ1) is 13.8. The number of benzene rings is 1. The van der Waals surface area contributed by atoms with Crippen molar-refractivity contribution in [2.45, 2.75) is 6.18 Å². The number of fused-ring (bicyclic) bond motifs is 1. The highest BCUT2D eigenvalue weighted by Crippen LogP contribution is 2.36. The van der Waals surface area contributed by atoms with Gasteiger partial charge in [-0.15, -0.1) is 0 Å². The average Bonchev–Trinajstić information content (AvgIpc) is 2.88. The zero-order valence-electron chi connectivity index (χ0n) is 16.0. The number of sulfonamides is 1. The number of para-hydroxylation sites is 1. The second-order valence-corrected chi connectivity index (χ2v) is 8.58. The molecule has 0 spiro atoms. The van der Waals surface area contributed by atoms with E-state index in [-0.39, 0.29) is 17.1 Å². The van der Waals surface area contributed by atoms with Gasteiger partial charge in [0.2, 0.25) is 0 Å².